The number of benzene rings is 1. The summed E-state index contributed by atoms with van der Waals surface area (Å²) in [6.45, 7) is 2.18. The zero-order valence-electron chi connectivity index (χ0n) is 11.5. The van der Waals surface area contributed by atoms with E-state index in [1.807, 2.05) is 12.1 Å². The molecule has 0 saturated heterocycles. The van der Waals surface area contributed by atoms with Crippen LogP contribution in [-0.4, -0.2) is 10.7 Å². The standard InChI is InChI=1S/C17H21NO/c1-2-13-7-8-17(19,9-13)16(12-18)10-14-5-3-4-6-15(14)11-16/h3-6,13,19H,2,7-11H2,1H3. The number of hydrogen-bond donors (Lipinski definition) is 1. The molecule has 0 amide bonds. The van der Waals surface area contributed by atoms with Crippen LogP contribution in [0.15, 0.2) is 24.3 Å². The SMILES string of the molecule is CCC1CCC(O)(C2(C#N)Cc3ccccc3C2)C1. The van der Waals surface area contributed by atoms with E-state index in [1.54, 1.807) is 0 Å². The minimum atomic E-state index is -0.790. The number of hydrogen-bond acceptors (Lipinski definition) is 2. The topological polar surface area (TPSA) is 44.0 Å². The summed E-state index contributed by atoms with van der Waals surface area (Å²) >= 11 is 0. The molecule has 0 radical (unpaired) electrons. The first-order valence-electron chi connectivity index (χ1n) is 7.33. The minimum Gasteiger partial charge on any atom is -0.388 e. The second kappa shape index (κ2) is 4.35. The molecule has 0 bridgehead atoms. The van der Waals surface area contributed by atoms with E-state index in [-0.39, 0.29) is 0 Å². The number of aliphatic hydroxyl groups is 1. The Balaban J connectivity index is 1.93. The van der Waals surface area contributed by atoms with Gasteiger partial charge in [0.15, 0.2) is 0 Å². The Bertz CT molecular complexity index is 505. The number of rotatable bonds is 2. The lowest BCUT2D eigenvalue weighted by Crippen LogP contribution is -2.46. The highest BCUT2D eigenvalue weighted by Crippen LogP contribution is 2.53. The molecule has 19 heavy (non-hydrogen) atoms. The second-order valence-electron chi connectivity index (χ2n) is 6.36. The van der Waals surface area contributed by atoms with E-state index in [2.05, 4.69) is 25.1 Å². The number of nitrogens with zero attached hydrogens (tertiary/aromatic N) is 1. The maximum absolute atomic E-state index is 11.1. The molecule has 0 aliphatic heterocycles. The van der Waals surface area contributed by atoms with Gasteiger partial charge in [0.25, 0.3) is 0 Å². The van der Waals surface area contributed by atoms with Crippen molar-refractivity contribution >= 4 is 0 Å². The largest absolute Gasteiger partial charge is 0.388 e. The van der Waals surface area contributed by atoms with Gasteiger partial charge in [0.05, 0.1) is 17.1 Å². The van der Waals surface area contributed by atoms with Gasteiger partial charge in [0.2, 0.25) is 0 Å². The average Bonchev–Trinajstić information content (AvgIpc) is 3.01. The molecule has 1 saturated carbocycles. The van der Waals surface area contributed by atoms with Gasteiger partial charge in [-0.2, -0.15) is 5.26 Å². The Morgan fingerprint density at radius 1 is 1.32 bits per heavy atom. The highest BCUT2D eigenvalue weighted by Gasteiger charge is 2.56. The molecule has 0 spiro atoms. The lowest BCUT2D eigenvalue weighted by Gasteiger charge is -2.37. The Morgan fingerprint density at radius 2 is 1.95 bits per heavy atom. The smallest absolute Gasteiger partial charge is 0.0940 e. The molecule has 2 atom stereocenters. The monoisotopic (exact) mass is 255 g/mol. The lowest BCUT2D eigenvalue weighted by atomic mass is 9.69. The van der Waals surface area contributed by atoms with E-state index >= 15 is 0 Å². The lowest BCUT2D eigenvalue weighted by molar-refractivity contribution is -0.0484. The summed E-state index contributed by atoms with van der Waals surface area (Å²) in [7, 11) is 0. The Hall–Kier alpha value is -1.33. The maximum Gasteiger partial charge on any atom is 0.0940 e. The van der Waals surface area contributed by atoms with Crippen LogP contribution in [0.25, 0.3) is 0 Å². The number of fused-ring (bicyclic) bond motifs is 1. The van der Waals surface area contributed by atoms with Crippen LogP contribution in [0.1, 0.15) is 43.7 Å². The van der Waals surface area contributed by atoms with Gasteiger partial charge in [-0.3, -0.25) is 0 Å². The number of nitriles is 1. The van der Waals surface area contributed by atoms with E-state index in [4.69, 9.17) is 0 Å². The summed E-state index contributed by atoms with van der Waals surface area (Å²) in [4.78, 5) is 0. The van der Waals surface area contributed by atoms with Crippen LogP contribution >= 0.6 is 0 Å². The van der Waals surface area contributed by atoms with Gasteiger partial charge < -0.3 is 5.11 Å². The van der Waals surface area contributed by atoms with E-state index in [9.17, 15) is 10.4 Å². The average molecular weight is 255 g/mol. The first-order valence-corrected chi connectivity index (χ1v) is 7.33. The normalized spacial score (nSPS) is 31.9. The van der Waals surface area contributed by atoms with Gasteiger partial charge in [0.1, 0.15) is 0 Å². The molecule has 2 heteroatoms. The predicted molar refractivity (Wildman–Crippen MR) is 74.5 cm³/mol. The zero-order chi connectivity index (χ0) is 13.5. The van der Waals surface area contributed by atoms with Crippen molar-refractivity contribution in [1.82, 2.24) is 0 Å². The molecule has 2 aliphatic rings. The van der Waals surface area contributed by atoms with Crippen molar-refractivity contribution in [3.05, 3.63) is 35.4 Å². The fourth-order valence-electron chi connectivity index (χ4n) is 4.04. The molecule has 2 unspecified atom stereocenters. The van der Waals surface area contributed by atoms with E-state index in [1.165, 1.54) is 11.1 Å². The molecular formula is C17H21NO. The molecule has 100 valence electrons. The molecule has 0 aromatic heterocycles. The molecule has 1 fully saturated rings. The quantitative estimate of drug-likeness (QED) is 0.881. The summed E-state index contributed by atoms with van der Waals surface area (Å²) in [6, 6.07) is 10.8. The van der Waals surface area contributed by atoms with Gasteiger partial charge in [0, 0.05) is 0 Å². The van der Waals surface area contributed by atoms with Crippen molar-refractivity contribution in [3.63, 3.8) is 0 Å². The summed E-state index contributed by atoms with van der Waals surface area (Å²) in [5.41, 5.74) is 1.11. The van der Waals surface area contributed by atoms with Crippen molar-refractivity contribution in [2.45, 2.75) is 51.0 Å². The van der Waals surface area contributed by atoms with Crippen LogP contribution in [0.2, 0.25) is 0 Å². The molecule has 2 nitrogen and oxygen atoms in total. The van der Waals surface area contributed by atoms with E-state index < -0.39 is 11.0 Å². The summed E-state index contributed by atoms with van der Waals surface area (Å²) < 4.78 is 0. The molecule has 2 aliphatic carbocycles. The second-order valence-corrected chi connectivity index (χ2v) is 6.36. The Labute approximate surface area is 115 Å². The Morgan fingerprint density at radius 3 is 2.42 bits per heavy atom. The predicted octanol–water partition coefficient (Wildman–Crippen LogP) is 3.24. The molecule has 1 N–H and O–H groups in total. The third kappa shape index (κ3) is 1.80. The Kier molecular flexibility index (Phi) is 2.91. The van der Waals surface area contributed by atoms with Crippen molar-refractivity contribution < 1.29 is 5.11 Å². The van der Waals surface area contributed by atoms with Crippen LogP contribution in [0.5, 0.6) is 0 Å². The fraction of sp³-hybridized carbons (Fsp3) is 0.588. The fourth-order valence-corrected chi connectivity index (χ4v) is 4.04. The molecule has 1 aromatic carbocycles. The van der Waals surface area contributed by atoms with Crippen molar-refractivity contribution in [1.29, 1.82) is 5.26 Å². The van der Waals surface area contributed by atoms with Gasteiger partial charge in [-0.15, -0.1) is 0 Å². The van der Waals surface area contributed by atoms with Gasteiger partial charge in [-0.25, -0.2) is 0 Å². The van der Waals surface area contributed by atoms with Crippen molar-refractivity contribution in [2.75, 3.05) is 0 Å². The molecule has 1 aromatic rings. The van der Waals surface area contributed by atoms with Crippen LogP contribution < -0.4 is 0 Å². The summed E-state index contributed by atoms with van der Waals surface area (Å²) in [6.07, 6.45) is 5.18. The molecular weight excluding hydrogens is 234 g/mol. The van der Waals surface area contributed by atoms with Crippen molar-refractivity contribution in [2.24, 2.45) is 11.3 Å². The highest BCUT2D eigenvalue weighted by molar-refractivity contribution is 5.39. The van der Waals surface area contributed by atoms with Crippen LogP contribution in [0, 0.1) is 22.7 Å². The first-order chi connectivity index (χ1) is 9.12. The molecule has 0 heterocycles. The van der Waals surface area contributed by atoms with Gasteiger partial charge in [-0.05, 0) is 49.1 Å². The summed E-state index contributed by atoms with van der Waals surface area (Å²) in [5, 5.41) is 20.9. The maximum atomic E-state index is 11.1. The van der Waals surface area contributed by atoms with Crippen LogP contribution in [0.4, 0.5) is 0 Å². The van der Waals surface area contributed by atoms with Crippen LogP contribution in [-0.2, 0) is 12.8 Å². The molecule has 3 rings (SSSR count). The third-order valence-corrected chi connectivity index (χ3v) is 5.38. The zero-order valence-corrected chi connectivity index (χ0v) is 11.5. The van der Waals surface area contributed by atoms with Crippen molar-refractivity contribution in [3.8, 4) is 6.07 Å². The van der Waals surface area contributed by atoms with Crippen LogP contribution in [0.3, 0.4) is 0 Å². The van der Waals surface area contributed by atoms with Gasteiger partial charge in [-0.1, -0.05) is 37.6 Å². The highest BCUT2D eigenvalue weighted by atomic mass is 16.3. The van der Waals surface area contributed by atoms with E-state index in [0.29, 0.717) is 18.8 Å². The summed E-state index contributed by atoms with van der Waals surface area (Å²) in [5.74, 6) is 0.582. The van der Waals surface area contributed by atoms with E-state index in [0.717, 1.165) is 25.7 Å². The first kappa shape index (κ1) is 12.7. The van der Waals surface area contributed by atoms with Gasteiger partial charge >= 0.3 is 0 Å². The minimum absolute atomic E-state index is 0.582. The third-order valence-electron chi connectivity index (χ3n) is 5.38.